The Morgan fingerprint density at radius 1 is 1.38 bits per heavy atom. The van der Waals surface area contributed by atoms with E-state index in [0.717, 1.165) is 29.3 Å². The number of nitrogens with one attached hydrogen (secondary N) is 1. The molecule has 0 aromatic carbocycles. The van der Waals surface area contributed by atoms with Crippen LogP contribution in [0, 0.1) is 11.6 Å². The van der Waals surface area contributed by atoms with E-state index in [0.29, 0.717) is 16.8 Å². The van der Waals surface area contributed by atoms with Gasteiger partial charge in [-0.2, -0.15) is 0 Å². The fourth-order valence-corrected chi connectivity index (χ4v) is 3.23. The van der Waals surface area contributed by atoms with Gasteiger partial charge < -0.3 is 10.4 Å². The molecule has 0 saturated heterocycles. The zero-order valence-corrected chi connectivity index (χ0v) is 16.2. The molecule has 0 saturated carbocycles. The van der Waals surface area contributed by atoms with Gasteiger partial charge in [0, 0.05) is 26.2 Å². The molecule has 0 fully saturated rings. The molecule has 0 unspecified atom stereocenters. The van der Waals surface area contributed by atoms with Gasteiger partial charge in [-0.3, -0.25) is 13.9 Å². The summed E-state index contributed by atoms with van der Waals surface area (Å²) in [5.74, 6) is -0.0742. The summed E-state index contributed by atoms with van der Waals surface area (Å²) < 4.78 is 3.46. The van der Waals surface area contributed by atoms with Crippen molar-refractivity contribution in [3.8, 4) is 0 Å². The molecule has 2 N–H and O–H groups in total. The maximum atomic E-state index is 12.1. The van der Waals surface area contributed by atoms with E-state index in [-0.39, 0.29) is 12.1 Å². The lowest BCUT2D eigenvalue weighted by atomic mass is 10.3. The Morgan fingerprint density at radius 3 is 2.62 bits per heavy atom. The number of allylic oxidation sites excluding steroid dienone is 1. The fraction of sp³-hybridized carbons (Fsp3) is 0.562. The molecule has 0 bridgehead atoms. The first kappa shape index (κ1) is 20.5. The van der Waals surface area contributed by atoms with E-state index in [2.05, 4.69) is 18.3 Å². The summed E-state index contributed by atoms with van der Waals surface area (Å²) in [6.45, 7) is 3.95. The highest BCUT2D eigenvalue weighted by molar-refractivity contribution is 8.03. The molecule has 24 heavy (non-hydrogen) atoms. The summed E-state index contributed by atoms with van der Waals surface area (Å²) in [7, 11) is 3.37. The van der Waals surface area contributed by atoms with Crippen molar-refractivity contribution in [1.82, 2.24) is 9.13 Å². The number of unbranched alkanes of at least 4 members (excludes halogenated alkanes) is 1. The molecule has 134 valence electrons. The Labute approximate surface area is 151 Å². The third kappa shape index (κ3) is 5.52. The number of hydrogen-bond acceptors (Lipinski definition) is 5. The second kappa shape index (κ2) is 9.68. The average Bonchev–Trinajstić information content (AvgIpc) is 2.55. The summed E-state index contributed by atoms with van der Waals surface area (Å²) in [6, 6.07) is 0. The number of rotatable bonds is 9. The molecule has 0 aliphatic heterocycles. The molecule has 1 aromatic heterocycles. The molecule has 0 aliphatic rings. The highest BCUT2D eigenvalue weighted by atomic mass is 32.2. The minimum atomic E-state index is -0.781. The average molecular weight is 372 g/mol. The van der Waals surface area contributed by atoms with Crippen molar-refractivity contribution in [1.29, 1.82) is 0 Å². The lowest BCUT2D eigenvalue weighted by Crippen LogP contribution is -2.30. The number of aliphatic carboxylic acids is 1. The van der Waals surface area contributed by atoms with E-state index in [1.54, 1.807) is 30.4 Å². The van der Waals surface area contributed by atoms with Gasteiger partial charge in [-0.15, -0.1) is 11.8 Å². The van der Waals surface area contributed by atoms with E-state index >= 15 is 0 Å². The third-order valence-corrected chi connectivity index (χ3v) is 5.17. The smallest absolute Gasteiger partial charge is 0.328 e. The number of hydrogen-bond donors (Lipinski definition) is 2. The van der Waals surface area contributed by atoms with Crippen LogP contribution in [0.3, 0.4) is 0 Å². The van der Waals surface area contributed by atoms with Crippen LogP contribution in [0.1, 0.15) is 38.3 Å². The first-order chi connectivity index (χ1) is 11.3. The van der Waals surface area contributed by atoms with Crippen LogP contribution in [-0.4, -0.2) is 26.0 Å². The number of carbonyl (C=O) groups is 1. The molecule has 0 aliphatic carbocycles. The zero-order chi connectivity index (χ0) is 18.3. The summed E-state index contributed by atoms with van der Waals surface area (Å²) in [6.07, 6.45) is 4.78. The van der Waals surface area contributed by atoms with Gasteiger partial charge in [-0.05, 0) is 25.5 Å². The highest BCUT2D eigenvalue weighted by Crippen LogP contribution is 2.24. The van der Waals surface area contributed by atoms with E-state index in [1.807, 2.05) is 6.92 Å². The van der Waals surface area contributed by atoms with Crippen LogP contribution in [0.25, 0.3) is 0 Å². The predicted molar refractivity (Wildman–Crippen MR) is 102 cm³/mol. The minimum Gasteiger partial charge on any atom is -0.481 e. The number of nitrogens with zero attached hydrogens (tertiary/aromatic N) is 2. The topological polar surface area (TPSA) is 76.3 Å². The Kier molecular flexibility index (Phi) is 8.27. The Hall–Kier alpha value is -1.54. The molecule has 1 aromatic rings. The minimum absolute atomic E-state index is 0.156. The normalized spacial score (nSPS) is 11.6. The van der Waals surface area contributed by atoms with Crippen LogP contribution in [0.5, 0.6) is 0 Å². The quantitative estimate of drug-likeness (QED) is 0.512. The molecule has 6 nitrogen and oxygen atoms in total. The van der Waals surface area contributed by atoms with Crippen molar-refractivity contribution in [2.24, 2.45) is 14.1 Å². The van der Waals surface area contributed by atoms with Crippen LogP contribution < -0.4 is 11.0 Å². The second-order valence-electron chi connectivity index (χ2n) is 5.49. The van der Waals surface area contributed by atoms with Crippen molar-refractivity contribution >= 4 is 35.6 Å². The van der Waals surface area contributed by atoms with Gasteiger partial charge in [0.25, 0.3) is 0 Å². The summed E-state index contributed by atoms with van der Waals surface area (Å²) in [5.41, 5.74) is 1.36. The molecule has 8 heteroatoms. The SMILES string of the molecule is CCC/C=C(/Nc1c(C)n(C)c(=O)n(C)c1=S)SCCCC(=O)O. The lowest BCUT2D eigenvalue weighted by Gasteiger charge is -2.17. The van der Waals surface area contributed by atoms with Gasteiger partial charge in [0.15, 0.2) is 0 Å². The van der Waals surface area contributed by atoms with Crippen molar-refractivity contribution < 1.29 is 9.90 Å². The Morgan fingerprint density at radius 2 is 2.04 bits per heavy atom. The number of carboxylic acids is 1. The highest BCUT2D eigenvalue weighted by Gasteiger charge is 2.11. The molecule has 0 atom stereocenters. The van der Waals surface area contributed by atoms with Crippen LogP contribution in [0.4, 0.5) is 5.69 Å². The lowest BCUT2D eigenvalue weighted by molar-refractivity contribution is -0.137. The van der Waals surface area contributed by atoms with E-state index in [1.165, 1.54) is 4.57 Å². The predicted octanol–water partition coefficient (Wildman–Crippen LogP) is 3.41. The molecule has 0 spiro atoms. The molecular formula is C16H25N3O3S2. The maximum absolute atomic E-state index is 12.1. The van der Waals surface area contributed by atoms with Gasteiger partial charge >= 0.3 is 11.7 Å². The maximum Gasteiger partial charge on any atom is 0.328 e. The third-order valence-electron chi connectivity index (χ3n) is 3.62. The first-order valence-electron chi connectivity index (χ1n) is 7.88. The molecular weight excluding hydrogens is 346 g/mol. The standard InChI is InChI=1S/C16H25N3O3S2/c1-5-6-8-12(24-10-7-9-13(20)21)17-14-11(2)18(3)16(22)19(4)15(14)23/h8,17H,5-7,9-10H2,1-4H3,(H,20,21)/b12-8-. The molecule has 0 amide bonds. The summed E-state index contributed by atoms with van der Waals surface area (Å²) >= 11 is 6.98. The van der Waals surface area contributed by atoms with E-state index in [4.69, 9.17) is 17.3 Å². The van der Waals surface area contributed by atoms with Crippen molar-refractivity contribution in [3.05, 3.63) is 31.9 Å². The van der Waals surface area contributed by atoms with Gasteiger partial charge in [-0.1, -0.05) is 31.6 Å². The van der Waals surface area contributed by atoms with Gasteiger partial charge in [-0.25, -0.2) is 4.79 Å². The van der Waals surface area contributed by atoms with Crippen molar-refractivity contribution in [2.75, 3.05) is 11.1 Å². The zero-order valence-electron chi connectivity index (χ0n) is 14.6. The van der Waals surface area contributed by atoms with Crippen LogP contribution >= 0.6 is 24.0 Å². The van der Waals surface area contributed by atoms with Crippen molar-refractivity contribution in [3.63, 3.8) is 0 Å². The van der Waals surface area contributed by atoms with Crippen LogP contribution in [-0.2, 0) is 18.9 Å². The fourth-order valence-electron chi connectivity index (χ4n) is 2.04. The molecule has 1 heterocycles. The Bertz CT molecular complexity index is 735. The first-order valence-corrected chi connectivity index (χ1v) is 9.27. The monoisotopic (exact) mass is 371 g/mol. The number of carboxylic acid groups (broad SMARTS) is 1. The van der Waals surface area contributed by atoms with Gasteiger partial charge in [0.1, 0.15) is 4.64 Å². The van der Waals surface area contributed by atoms with Crippen molar-refractivity contribution in [2.45, 2.75) is 39.5 Å². The largest absolute Gasteiger partial charge is 0.481 e. The molecule has 0 radical (unpaired) electrons. The Balaban J connectivity index is 3.01. The van der Waals surface area contributed by atoms with E-state index < -0.39 is 5.97 Å². The second-order valence-corrected chi connectivity index (χ2v) is 7.02. The van der Waals surface area contributed by atoms with Gasteiger partial charge in [0.05, 0.1) is 10.7 Å². The van der Waals surface area contributed by atoms with Gasteiger partial charge in [0.2, 0.25) is 0 Å². The summed E-state index contributed by atoms with van der Waals surface area (Å²) in [5, 5.41) is 13.0. The number of anilines is 1. The van der Waals surface area contributed by atoms with Crippen LogP contribution in [0.15, 0.2) is 15.9 Å². The van der Waals surface area contributed by atoms with Crippen LogP contribution in [0.2, 0.25) is 0 Å². The molecule has 1 rings (SSSR count). The van der Waals surface area contributed by atoms with E-state index in [9.17, 15) is 9.59 Å². The summed E-state index contributed by atoms with van der Waals surface area (Å²) in [4.78, 5) is 22.7. The number of thioether (sulfide) groups is 1. The number of aromatic nitrogens is 2.